The number of aryl methyl sites for hydroxylation is 1. The van der Waals surface area contributed by atoms with Crippen LogP contribution in [0.5, 0.6) is 11.5 Å². The van der Waals surface area contributed by atoms with Crippen molar-refractivity contribution in [3.05, 3.63) is 47.7 Å². The summed E-state index contributed by atoms with van der Waals surface area (Å²) in [5.41, 5.74) is 1.90. The molecule has 1 amide bonds. The number of rotatable bonds is 4. The van der Waals surface area contributed by atoms with Crippen molar-refractivity contribution < 1.29 is 14.3 Å². The maximum atomic E-state index is 12.5. The van der Waals surface area contributed by atoms with Crippen LogP contribution in [0.3, 0.4) is 0 Å². The summed E-state index contributed by atoms with van der Waals surface area (Å²) in [7, 11) is 0. The van der Waals surface area contributed by atoms with Crippen LogP contribution in [0.15, 0.2) is 30.7 Å². The molecule has 3 heterocycles. The molecule has 0 atom stereocenters. The topological polar surface area (TPSA) is 115 Å². The van der Waals surface area contributed by atoms with Crippen molar-refractivity contribution in [3.63, 3.8) is 0 Å². The molecular formula is C17H16N6O3. The lowest BCUT2D eigenvalue weighted by Gasteiger charge is -2.20. The summed E-state index contributed by atoms with van der Waals surface area (Å²) in [4.78, 5) is 24.9. The Hall–Kier alpha value is -3.49. The molecule has 2 aromatic heterocycles. The van der Waals surface area contributed by atoms with Gasteiger partial charge in [-0.1, -0.05) is 0 Å². The van der Waals surface area contributed by atoms with Crippen LogP contribution in [0.2, 0.25) is 0 Å². The number of H-pyrrole nitrogens is 1. The zero-order chi connectivity index (χ0) is 17.9. The third kappa shape index (κ3) is 3.18. The number of carbonyl (C=O) groups is 1. The standard InChI is InChI=1S/C17H16N6O3/c1-10-6-13-14(26-5-4-25-13)7-11(10)17(24)20-9-15-21-16(23-22-15)12-8-18-2-3-19-12/h2-3,6-8H,4-5,9H2,1H3,(H,20,24)(H,21,22,23). The van der Waals surface area contributed by atoms with Gasteiger partial charge in [0.05, 0.1) is 12.7 Å². The molecule has 26 heavy (non-hydrogen) atoms. The van der Waals surface area contributed by atoms with Crippen molar-refractivity contribution in [2.45, 2.75) is 13.5 Å². The molecule has 9 heteroatoms. The lowest BCUT2D eigenvalue weighted by molar-refractivity contribution is 0.0948. The number of hydrogen-bond acceptors (Lipinski definition) is 7. The Morgan fingerprint density at radius 1 is 1.23 bits per heavy atom. The van der Waals surface area contributed by atoms with E-state index in [4.69, 9.17) is 9.47 Å². The quantitative estimate of drug-likeness (QED) is 0.726. The van der Waals surface area contributed by atoms with Crippen LogP contribution in [0.4, 0.5) is 0 Å². The van der Waals surface area contributed by atoms with Crippen molar-refractivity contribution in [2.24, 2.45) is 0 Å². The fourth-order valence-corrected chi connectivity index (χ4v) is 2.60. The predicted octanol–water partition coefficient (Wildman–Crippen LogP) is 1.27. The molecule has 0 radical (unpaired) electrons. The molecule has 0 fully saturated rings. The number of hydrogen-bond donors (Lipinski definition) is 2. The van der Waals surface area contributed by atoms with Crippen LogP contribution in [0, 0.1) is 6.92 Å². The molecule has 0 saturated carbocycles. The van der Waals surface area contributed by atoms with E-state index in [9.17, 15) is 4.79 Å². The molecule has 0 bridgehead atoms. The van der Waals surface area contributed by atoms with E-state index >= 15 is 0 Å². The molecule has 0 saturated heterocycles. The van der Waals surface area contributed by atoms with Gasteiger partial charge < -0.3 is 14.8 Å². The second-order valence-corrected chi connectivity index (χ2v) is 5.69. The number of nitrogens with zero attached hydrogens (tertiary/aromatic N) is 4. The molecule has 1 aromatic carbocycles. The number of fused-ring (bicyclic) bond motifs is 1. The van der Waals surface area contributed by atoms with Crippen LogP contribution in [0.1, 0.15) is 21.7 Å². The molecule has 1 aliphatic heterocycles. The predicted molar refractivity (Wildman–Crippen MR) is 90.7 cm³/mol. The highest BCUT2D eigenvalue weighted by Crippen LogP contribution is 2.32. The zero-order valence-corrected chi connectivity index (χ0v) is 14.0. The van der Waals surface area contributed by atoms with E-state index in [1.807, 2.05) is 13.0 Å². The molecule has 2 N–H and O–H groups in total. The number of carbonyl (C=O) groups excluding carboxylic acids is 1. The second kappa shape index (κ2) is 6.79. The lowest BCUT2D eigenvalue weighted by Crippen LogP contribution is -2.25. The smallest absolute Gasteiger partial charge is 0.252 e. The van der Waals surface area contributed by atoms with Gasteiger partial charge in [0, 0.05) is 18.0 Å². The van der Waals surface area contributed by atoms with Gasteiger partial charge in [0.1, 0.15) is 24.7 Å². The van der Waals surface area contributed by atoms with Gasteiger partial charge in [0.25, 0.3) is 5.91 Å². The average Bonchev–Trinajstić information content (AvgIpc) is 3.15. The van der Waals surface area contributed by atoms with E-state index < -0.39 is 0 Å². The van der Waals surface area contributed by atoms with E-state index in [2.05, 4.69) is 30.5 Å². The van der Waals surface area contributed by atoms with Crippen molar-refractivity contribution in [2.75, 3.05) is 13.2 Å². The first-order chi connectivity index (χ1) is 12.7. The van der Waals surface area contributed by atoms with Gasteiger partial charge in [-0.15, -0.1) is 0 Å². The number of ether oxygens (including phenoxy) is 2. The Kier molecular flexibility index (Phi) is 4.18. The van der Waals surface area contributed by atoms with E-state index in [0.717, 1.165) is 5.56 Å². The molecule has 0 spiro atoms. The van der Waals surface area contributed by atoms with Crippen LogP contribution < -0.4 is 14.8 Å². The van der Waals surface area contributed by atoms with Crippen LogP contribution >= 0.6 is 0 Å². The number of nitrogens with one attached hydrogen (secondary N) is 2. The SMILES string of the molecule is Cc1cc2c(cc1C(=O)NCc1nc(-c3cnccn3)n[nH]1)OCCO2. The molecular weight excluding hydrogens is 336 g/mol. The summed E-state index contributed by atoms with van der Waals surface area (Å²) in [6, 6.07) is 3.51. The van der Waals surface area contributed by atoms with E-state index in [-0.39, 0.29) is 12.5 Å². The monoisotopic (exact) mass is 352 g/mol. The maximum Gasteiger partial charge on any atom is 0.252 e. The summed E-state index contributed by atoms with van der Waals surface area (Å²) in [6.45, 7) is 3.05. The van der Waals surface area contributed by atoms with Crippen molar-refractivity contribution in [1.29, 1.82) is 0 Å². The summed E-state index contributed by atoms with van der Waals surface area (Å²) in [5.74, 6) is 1.97. The van der Waals surface area contributed by atoms with E-state index in [1.165, 1.54) is 0 Å². The molecule has 0 unspecified atom stereocenters. The van der Waals surface area contributed by atoms with Crippen LogP contribution in [-0.4, -0.2) is 44.3 Å². The third-order valence-electron chi connectivity index (χ3n) is 3.87. The number of benzene rings is 1. The van der Waals surface area contributed by atoms with Gasteiger partial charge in [-0.25, -0.2) is 9.97 Å². The first-order valence-corrected chi connectivity index (χ1v) is 8.07. The Bertz CT molecular complexity index is 941. The normalized spacial score (nSPS) is 12.7. The summed E-state index contributed by atoms with van der Waals surface area (Å²) >= 11 is 0. The van der Waals surface area contributed by atoms with E-state index in [1.54, 1.807) is 24.7 Å². The minimum absolute atomic E-state index is 0.208. The zero-order valence-electron chi connectivity index (χ0n) is 14.0. The van der Waals surface area contributed by atoms with Gasteiger partial charge in [-0.3, -0.25) is 14.9 Å². The Morgan fingerprint density at radius 2 is 2.04 bits per heavy atom. The fourth-order valence-electron chi connectivity index (χ4n) is 2.60. The van der Waals surface area contributed by atoms with Crippen molar-refractivity contribution >= 4 is 5.91 Å². The Morgan fingerprint density at radius 3 is 2.81 bits per heavy atom. The van der Waals surface area contributed by atoms with Gasteiger partial charge in [-0.05, 0) is 24.6 Å². The van der Waals surface area contributed by atoms with Gasteiger partial charge in [0.15, 0.2) is 11.5 Å². The molecule has 3 aromatic rings. The highest BCUT2D eigenvalue weighted by molar-refractivity contribution is 5.96. The van der Waals surface area contributed by atoms with Crippen LogP contribution in [-0.2, 0) is 6.54 Å². The second-order valence-electron chi connectivity index (χ2n) is 5.69. The Balaban J connectivity index is 1.45. The first-order valence-electron chi connectivity index (χ1n) is 8.07. The van der Waals surface area contributed by atoms with Crippen molar-refractivity contribution in [1.82, 2.24) is 30.5 Å². The van der Waals surface area contributed by atoms with Crippen LogP contribution in [0.25, 0.3) is 11.5 Å². The average molecular weight is 352 g/mol. The van der Waals surface area contributed by atoms with Gasteiger partial charge in [-0.2, -0.15) is 5.10 Å². The summed E-state index contributed by atoms with van der Waals surface area (Å²) in [6.07, 6.45) is 4.72. The number of aromatic nitrogens is 5. The fraction of sp³-hybridized carbons (Fsp3) is 0.235. The molecule has 0 aliphatic carbocycles. The molecule has 132 valence electrons. The minimum Gasteiger partial charge on any atom is -0.486 e. The highest BCUT2D eigenvalue weighted by atomic mass is 16.6. The van der Waals surface area contributed by atoms with Gasteiger partial charge >= 0.3 is 0 Å². The first kappa shape index (κ1) is 16.0. The van der Waals surface area contributed by atoms with Gasteiger partial charge in [0.2, 0.25) is 5.82 Å². The summed E-state index contributed by atoms with van der Waals surface area (Å²) in [5, 5.41) is 9.70. The number of aromatic amines is 1. The Labute approximate surface area is 148 Å². The number of amides is 1. The van der Waals surface area contributed by atoms with Crippen molar-refractivity contribution in [3.8, 4) is 23.0 Å². The molecule has 9 nitrogen and oxygen atoms in total. The minimum atomic E-state index is -0.225. The molecule has 4 rings (SSSR count). The van der Waals surface area contributed by atoms with E-state index in [0.29, 0.717) is 47.6 Å². The summed E-state index contributed by atoms with van der Waals surface area (Å²) < 4.78 is 11.1. The lowest BCUT2D eigenvalue weighted by atomic mass is 10.1. The maximum absolute atomic E-state index is 12.5. The molecule has 1 aliphatic rings. The third-order valence-corrected chi connectivity index (χ3v) is 3.87. The highest BCUT2D eigenvalue weighted by Gasteiger charge is 2.18. The largest absolute Gasteiger partial charge is 0.486 e.